The molecule has 0 aromatic heterocycles. The van der Waals surface area contributed by atoms with Crippen molar-refractivity contribution in [3.63, 3.8) is 0 Å². The number of carbonyl (C=O) groups is 1. The average molecular weight is 446 g/mol. The molecule has 0 bridgehead atoms. The van der Waals surface area contributed by atoms with Gasteiger partial charge in [0.1, 0.15) is 5.75 Å². The number of ether oxygens (including phenoxy) is 1. The van der Waals surface area contributed by atoms with Gasteiger partial charge in [-0.2, -0.15) is 0 Å². The van der Waals surface area contributed by atoms with Crippen LogP contribution in [-0.4, -0.2) is 18.3 Å². The number of aryl methyl sites for hydroxylation is 2. The number of fused-ring (bicyclic) bond motifs is 1. The molecule has 4 rings (SSSR count). The van der Waals surface area contributed by atoms with Crippen LogP contribution in [0.15, 0.2) is 77.7 Å². The number of benzene rings is 3. The molecule has 0 aliphatic heterocycles. The Morgan fingerprint density at radius 1 is 0.969 bits per heavy atom. The summed E-state index contributed by atoms with van der Waals surface area (Å²) >= 11 is 1.77. The maximum atomic E-state index is 12.8. The van der Waals surface area contributed by atoms with Crippen LogP contribution < -0.4 is 10.1 Å². The zero-order chi connectivity index (χ0) is 22.2. The lowest BCUT2D eigenvalue weighted by Crippen LogP contribution is -2.28. The van der Waals surface area contributed by atoms with Crippen LogP contribution in [0.5, 0.6) is 5.75 Å². The van der Waals surface area contributed by atoms with Crippen molar-refractivity contribution in [3.05, 3.63) is 95.1 Å². The van der Waals surface area contributed by atoms with Gasteiger partial charge in [0.25, 0.3) is 5.91 Å². The molecule has 1 aliphatic carbocycles. The normalized spacial score (nSPS) is 13.8. The minimum absolute atomic E-state index is 0.0284. The van der Waals surface area contributed by atoms with E-state index in [-0.39, 0.29) is 11.9 Å². The van der Waals surface area contributed by atoms with Gasteiger partial charge in [-0.15, -0.1) is 11.8 Å². The molecule has 1 atom stereocenters. The van der Waals surface area contributed by atoms with Crippen LogP contribution in [-0.2, 0) is 12.8 Å². The van der Waals surface area contributed by atoms with Crippen LogP contribution >= 0.6 is 11.8 Å². The number of rotatable bonds is 9. The van der Waals surface area contributed by atoms with E-state index in [0.29, 0.717) is 12.2 Å². The first-order chi connectivity index (χ1) is 15.7. The van der Waals surface area contributed by atoms with Gasteiger partial charge in [0.15, 0.2) is 0 Å². The third-order valence-corrected chi connectivity index (χ3v) is 6.95. The molecular weight excluding hydrogens is 414 g/mol. The predicted octanol–water partition coefficient (Wildman–Crippen LogP) is 6.62. The number of thioether (sulfide) groups is 1. The van der Waals surface area contributed by atoms with Gasteiger partial charge in [0.2, 0.25) is 0 Å². The van der Waals surface area contributed by atoms with Crippen molar-refractivity contribution in [3.8, 4) is 5.75 Å². The summed E-state index contributed by atoms with van der Waals surface area (Å²) in [6.07, 6.45) is 5.74. The Balaban J connectivity index is 1.29. The molecule has 1 amide bonds. The molecule has 4 heteroatoms. The fourth-order valence-corrected chi connectivity index (χ4v) is 4.92. The summed E-state index contributed by atoms with van der Waals surface area (Å²) in [6, 6.07) is 24.5. The minimum atomic E-state index is -0.0410. The van der Waals surface area contributed by atoms with E-state index in [2.05, 4.69) is 42.6 Å². The highest BCUT2D eigenvalue weighted by molar-refractivity contribution is 7.99. The standard InChI is InChI=1S/C28H31NO2S/c1-2-27(24-13-12-21-8-6-7-9-23(21)20-24)29-28(30)22-14-16-25(17-15-22)31-18-19-32-26-10-4-3-5-11-26/h3-5,10-17,20,27H,2,6-9,18-19H2,1H3,(H,29,30). The fourth-order valence-electron chi connectivity index (χ4n) is 4.17. The van der Waals surface area contributed by atoms with Gasteiger partial charge in [-0.1, -0.05) is 43.3 Å². The Morgan fingerprint density at radius 2 is 1.72 bits per heavy atom. The fraction of sp³-hybridized carbons (Fsp3) is 0.321. The molecule has 3 nitrogen and oxygen atoms in total. The van der Waals surface area contributed by atoms with E-state index in [1.54, 1.807) is 11.8 Å². The van der Waals surface area contributed by atoms with Crippen LogP contribution in [0.4, 0.5) is 0 Å². The second-order valence-corrected chi connectivity index (χ2v) is 9.37. The molecule has 0 fully saturated rings. The SMILES string of the molecule is CCC(NC(=O)c1ccc(OCCSc2ccccc2)cc1)c1ccc2c(c1)CCCC2. The first kappa shape index (κ1) is 22.5. The van der Waals surface area contributed by atoms with Gasteiger partial charge in [-0.25, -0.2) is 0 Å². The molecule has 3 aromatic carbocycles. The smallest absolute Gasteiger partial charge is 0.251 e. The molecule has 0 heterocycles. The van der Waals surface area contributed by atoms with E-state index in [1.165, 1.54) is 40.8 Å². The molecule has 166 valence electrons. The number of nitrogens with one attached hydrogen (secondary N) is 1. The Bertz CT molecular complexity index is 1020. The zero-order valence-electron chi connectivity index (χ0n) is 18.7. The molecule has 0 radical (unpaired) electrons. The minimum Gasteiger partial charge on any atom is -0.493 e. The Kier molecular flexibility index (Phi) is 7.89. The van der Waals surface area contributed by atoms with Gasteiger partial charge in [-0.05, 0) is 85.2 Å². The van der Waals surface area contributed by atoms with Crippen molar-refractivity contribution >= 4 is 17.7 Å². The van der Waals surface area contributed by atoms with Crippen LogP contribution in [0.2, 0.25) is 0 Å². The van der Waals surface area contributed by atoms with E-state index in [1.807, 2.05) is 42.5 Å². The first-order valence-electron chi connectivity index (χ1n) is 11.6. The summed E-state index contributed by atoms with van der Waals surface area (Å²) < 4.78 is 5.83. The maximum Gasteiger partial charge on any atom is 0.251 e. The summed E-state index contributed by atoms with van der Waals surface area (Å²) in [7, 11) is 0. The average Bonchev–Trinajstić information content (AvgIpc) is 2.85. The van der Waals surface area contributed by atoms with Crippen LogP contribution in [0.1, 0.15) is 59.3 Å². The van der Waals surface area contributed by atoms with Crippen molar-refractivity contribution < 1.29 is 9.53 Å². The van der Waals surface area contributed by atoms with Crippen LogP contribution in [0.25, 0.3) is 0 Å². The van der Waals surface area contributed by atoms with Crippen molar-refractivity contribution in [2.45, 2.75) is 50.0 Å². The molecule has 3 aromatic rings. The maximum absolute atomic E-state index is 12.8. The van der Waals surface area contributed by atoms with Gasteiger partial charge in [0.05, 0.1) is 12.6 Å². The van der Waals surface area contributed by atoms with Crippen molar-refractivity contribution in [2.24, 2.45) is 0 Å². The van der Waals surface area contributed by atoms with E-state index in [0.717, 1.165) is 24.3 Å². The highest BCUT2D eigenvalue weighted by Crippen LogP contribution is 2.26. The van der Waals surface area contributed by atoms with Crippen LogP contribution in [0.3, 0.4) is 0 Å². The molecule has 1 unspecified atom stereocenters. The summed E-state index contributed by atoms with van der Waals surface area (Å²) in [5.41, 5.74) is 4.79. The molecule has 32 heavy (non-hydrogen) atoms. The van der Waals surface area contributed by atoms with Crippen molar-refractivity contribution in [1.82, 2.24) is 5.32 Å². The lowest BCUT2D eigenvalue weighted by molar-refractivity contribution is 0.0935. The van der Waals surface area contributed by atoms with E-state index in [9.17, 15) is 4.79 Å². The quantitative estimate of drug-likeness (QED) is 0.297. The lowest BCUT2D eigenvalue weighted by Gasteiger charge is -2.22. The third-order valence-electron chi connectivity index (χ3n) is 5.97. The monoisotopic (exact) mass is 445 g/mol. The Hall–Kier alpha value is -2.72. The topological polar surface area (TPSA) is 38.3 Å². The summed E-state index contributed by atoms with van der Waals surface area (Å²) in [6.45, 7) is 2.75. The lowest BCUT2D eigenvalue weighted by atomic mass is 9.88. The third kappa shape index (κ3) is 5.95. The Labute approximate surface area is 195 Å². The largest absolute Gasteiger partial charge is 0.493 e. The molecule has 0 spiro atoms. The van der Waals surface area contributed by atoms with Crippen LogP contribution in [0, 0.1) is 0 Å². The van der Waals surface area contributed by atoms with E-state index < -0.39 is 0 Å². The predicted molar refractivity (Wildman–Crippen MR) is 133 cm³/mol. The molecule has 0 saturated heterocycles. The highest BCUT2D eigenvalue weighted by atomic mass is 32.2. The highest BCUT2D eigenvalue weighted by Gasteiger charge is 2.17. The molecule has 0 saturated carbocycles. The van der Waals surface area contributed by atoms with Gasteiger partial charge < -0.3 is 10.1 Å². The van der Waals surface area contributed by atoms with E-state index >= 15 is 0 Å². The number of amides is 1. The second kappa shape index (κ2) is 11.2. The Morgan fingerprint density at radius 3 is 2.47 bits per heavy atom. The summed E-state index contributed by atoms with van der Waals surface area (Å²) in [5, 5.41) is 3.21. The molecule has 1 N–H and O–H groups in total. The molecule has 1 aliphatic rings. The molecular formula is C28H31NO2S. The van der Waals surface area contributed by atoms with Gasteiger partial charge in [-0.3, -0.25) is 4.79 Å². The summed E-state index contributed by atoms with van der Waals surface area (Å²) in [4.78, 5) is 14.1. The van der Waals surface area contributed by atoms with Crippen molar-refractivity contribution in [2.75, 3.05) is 12.4 Å². The number of hydrogen-bond donors (Lipinski definition) is 1. The van der Waals surface area contributed by atoms with Gasteiger partial charge in [0, 0.05) is 16.2 Å². The first-order valence-corrected chi connectivity index (χ1v) is 12.5. The van der Waals surface area contributed by atoms with Crippen molar-refractivity contribution in [1.29, 1.82) is 0 Å². The van der Waals surface area contributed by atoms with E-state index in [4.69, 9.17) is 4.74 Å². The summed E-state index contributed by atoms with van der Waals surface area (Å²) in [5.74, 6) is 1.63. The second-order valence-electron chi connectivity index (χ2n) is 8.20. The number of hydrogen-bond acceptors (Lipinski definition) is 3. The number of carbonyl (C=O) groups excluding carboxylic acids is 1. The van der Waals surface area contributed by atoms with Gasteiger partial charge >= 0.3 is 0 Å². The zero-order valence-corrected chi connectivity index (χ0v) is 19.5.